The largest absolute Gasteiger partial charge is 0.484 e. The molecule has 7 rings (SSSR count). The summed E-state index contributed by atoms with van der Waals surface area (Å²) in [6, 6.07) is 28.4. The van der Waals surface area contributed by atoms with E-state index in [1.54, 1.807) is 48.2 Å². The SMILES string of the molecule is O=C1COc2ccc(cc2)C[C@@H](C(=O)O)NC(=O)[C@H](Cc2ccccc2)NC(=O)[C@@H](Cc2ccc(-c3ccccc3)cc2)NC(=O)[C@@H](CC2CC=CS2)N1. The maximum atomic E-state index is 14.3. The van der Waals surface area contributed by atoms with Crippen molar-refractivity contribution in [2.24, 2.45) is 0 Å². The third kappa shape index (κ3) is 10.6. The highest BCUT2D eigenvalue weighted by atomic mass is 32.2. The summed E-state index contributed by atoms with van der Waals surface area (Å²) in [5, 5.41) is 23.2. The number of carboxylic acid groups (broad SMARTS) is 1. The molecule has 11 nitrogen and oxygen atoms in total. The topological polar surface area (TPSA) is 163 Å². The molecule has 54 heavy (non-hydrogen) atoms. The molecule has 0 aromatic heterocycles. The number of rotatable bonds is 8. The normalized spacial score (nSPS) is 22.4. The molecule has 0 saturated heterocycles. The molecule has 0 radical (unpaired) electrons. The van der Waals surface area contributed by atoms with Gasteiger partial charge in [-0.15, -0.1) is 11.8 Å². The molecule has 12 heteroatoms. The molecule has 4 amide bonds. The number of hydrogen-bond acceptors (Lipinski definition) is 7. The summed E-state index contributed by atoms with van der Waals surface area (Å²) in [4.78, 5) is 67.9. The summed E-state index contributed by atoms with van der Waals surface area (Å²) < 4.78 is 5.70. The second-order valence-corrected chi connectivity index (χ2v) is 14.5. The zero-order valence-electron chi connectivity index (χ0n) is 29.5. The molecule has 278 valence electrons. The van der Waals surface area contributed by atoms with Gasteiger partial charge < -0.3 is 31.1 Å². The lowest BCUT2D eigenvalue weighted by molar-refractivity contribution is -0.142. The Balaban J connectivity index is 1.33. The molecule has 3 aliphatic rings. The van der Waals surface area contributed by atoms with Gasteiger partial charge in [0.15, 0.2) is 6.61 Å². The standard InChI is InChI=1S/C42H42N4O7S/c47-38-26-53-32-19-15-29(16-20-32)24-37(42(51)52)46-40(49)34(22-27-8-3-1-4-9-27)44-39(48)35(45-41(50)36(43-38)25-33-12-7-21-54-33)23-28-13-17-31(18-14-28)30-10-5-2-6-11-30/h1-11,13-21,33-37H,12,22-26H2,(H,43,47)(H,44,48)(H,45,50)(H,46,49)(H,51,52)/t33?,34-,35+,36+,37-/m0/s1. The van der Waals surface area contributed by atoms with Crippen LogP contribution in [0, 0.1) is 0 Å². The van der Waals surface area contributed by atoms with Gasteiger partial charge in [-0.1, -0.05) is 103 Å². The van der Waals surface area contributed by atoms with E-state index >= 15 is 0 Å². The summed E-state index contributed by atoms with van der Waals surface area (Å²) in [5.41, 5.74) is 4.09. The second-order valence-electron chi connectivity index (χ2n) is 13.3. The summed E-state index contributed by atoms with van der Waals surface area (Å²) >= 11 is 1.57. The van der Waals surface area contributed by atoms with Crippen molar-refractivity contribution in [3.63, 3.8) is 0 Å². The van der Waals surface area contributed by atoms with Gasteiger partial charge in [-0.3, -0.25) is 19.2 Å². The van der Waals surface area contributed by atoms with Crippen LogP contribution in [-0.4, -0.2) is 70.7 Å². The fourth-order valence-electron chi connectivity index (χ4n) is 6.40. The first kappa shape index (κ1) is 37.9. The number of ether oxygens (including phenoxy) is 1. The summed E-state index contributed by atoms with van der Waals surface area (Å²) in [5.74, 6) is -3.29. The number of carbonyl (C=O) groups is 5. The molecule has 4 aromatic carbocycles. The fourth-order valence-corrected chi connectivity index (χ4v) is 7.37. The van der Waals surface area contributed by atoms with Crippen molar-refractivity contribution in [2.75, 3.05) is 6.61 Å². The van der Waals surface area contributed by atoms with Gasteiger partial charge in [0.1, 0.15) is 29.9 Å². The lowest BCUT2D eigenvalue weighted by Gasteiger charge is -2.27. The Labute approximate surface area is 318 Å². The number of fused-ring (bicyclic) bond motifs is 16. The van der Waals surface area contributed by atoms with Gasteiger partial charge in [0.05, 0.1) is 0 Å². The molecule has 0 saturated carbocycles. The minimum absolute atomic E-state index is 0.0371. The zero-order valence-corrected chi connectivity index (χ0v) is 30.3. The van der Waals surface area contributed by atoms with Gasteiger partial charge in [0.25, 0.3) is 5.91 Å². The van der Waals surface area contributed by atoms with Crippen molar-refractivity contribution in [1.29, 1.82) is 0 Å². The fraction of sp³-hybridized carbons (Fsp3) is 0.262. The van der Waals surface area contributed by atoms with Gasteiger partial charge in [-0.05, 0) is 58.2 Å². The van der Waals surface area contributed by atoms with Crippen molar-refractivity contribution >= 4 is 41.4 Å². The predicted molar refractivity (Wildman–Crippen MR) is 206 cm³/mol. The van der Waals surface area contributed by atoms with Crippen LogP contribution in [0.15, 0.2) is 121 Å². The molecule has 3 heterocycles. The Morgan fingerprint density at radius 3 is 1.85 bits per heavy atom. The van der Waals surface area contributed by atoms with Crippen molar-refractivity contribution < 1.29 is 33.8 Å². The number of hydrogen-bond donors (Lipinski definition) is 5. The quantitative estimate of drug-likeness (QED) is 0.168. The van der Waals surface area contributed by atoms with Crippen molar-refractivity contribution in [1.82, 2.24) is 21.3 Å². The zero-order chi connectivity index (χ0) is 37.9. The van der Waals surface area contributed by atoms with Gasteiger partial charge in [0, 0.05) is 24.5 Å². The molecule has 2 bridgehead atoms. The van der Waals surface area contributed by atoms with E-state index in [9.17, 15) is 29.1 Å². The minimum Gasteiger partial charge on any atom is -0.484 e. The minimum atomic E-state index is -1.31. The van der Waals surface area contributed by atoms with Crippen molar-refractivity contribution in [3.8, 4) is 16.9 Å². The Morgan fingerprint density at radius 1 is 0.667 bits per heavy atom. The first-order valence-electron chi connectivity index (χ1n) is 17.8. The lowest BCUT2D eigenvalue weighted by Crippen LogP contribution is -2.59. The van der Waals surface area contributed by atoms with E-state index in [1.807, 2.05) is 84.3 Å². The molecule has 4 aromatic rings. The van der Waals surface area contributed by atoms with Gasteiger partial charge in [-0.2, -0.15) is 0 Å². The monoisotopic (exact) mass is 746 g/mol. The molecule has 5 N–H and O–H groups in total. The summed E-state index contributed by atoms with van der Waals surface area (Å²) in [6.07, 6.45) is 3.13. The van der Waals surface area contributed by atoms with Gasteiger partial charge in [0.2, 0.25) is 17.7 Å². The third-order valence-electron chi connectivity index (χ3n) is 9.31. The lowest BCUT2D eigenvalue weighted by atomic mass is 9.99. The highest BCUT2D eigenvalue weighted by molar-refractivity contribution is 8.03. The Kier molecular flexibility index (Phi) is 12.8. The number of thioether (sulfide) groups is 1. The van der Waals surface area contributed by atoms with Crippen LogP contribution in [0.1, 0.15) is 29.5 Å². The number of allylic oxidation sites excluding steroid dienone is 1. The first-order valence-corrected chi connectivity index (χ1v) is 18.8. The first-order chi connectivity index (χ1) is 26.2. The highest BCUT2D eigenvalue weighted by Crippen LogP contribution is 2.28. The number of carboxylic acids is 1. The van der Waals surface area contributed by atoms with Crippen LogP contribution in [0.2, 0.25) is 0 Å². The van der Waals surface area contributed by atoms with E-state index in [-0.39, 0.29) is 31.1 Å². The molecule has 0 aliphatic carbocycles. The molecular formula is C42H42N4O7S. The summed E-state index contributed by atoms with van der Waals surface area (Å²) in [7, 11) is 0. The number of aliphatic carboxylic acids is 1. The third-order valence-corrected chi connectivity index (χ3v) is 10.4. The van der Waals surface area contributed by atoms with E-state index in [0.717, 1.165) is 28.7 Å². The van der Waals surface area contributed by atoms with Crippen LogP contribution in [-0.2, 0) is 43.2 Å². The number of benzene rings is 4. The van der Waals surface area contributed by atoms with Crippen molar-refractivity contribution in [2.45, 2.75) is 61.5 Å². The smallest absolute Gasteiger partial charge is 0.326 e. The number of amides is 4. The van der Waals surface area contributed by atoms with Crippen molar-refractivity contribution in [3.05, 3.63) is 137 Å². The van der Waals surface area contributed by atoms with Crippen LogP contribution in [0.4, 0.5) is 0 Å². The van der Waals surface area contributed by atoms with E-state index in [0.29, 0.717) is 17.7 Å². The van der Waals surface area contributed by atoms with Crippen LogP contribution in [0.5, 0.6) is 5.75 Å². The Hall–Kier alpha value is -5.88. The number of carbonyl (C=O) groups excluding carboxylic acids is 4. The molecule has 1 unspecified atom stereocenters. The van der Waals surface area contributed by atoms with E-state index in [4.69, 9.17) is 4.74 Å². The highest BCUT2D eigenvalue weighted by Gasteiger charge is 2.33. The van der Waals surface area contributed by atoms with Crippen LogP contribution in [0.25, 0.3) is 11.1 Å². The number of nitrogens with one attached hydrogen (secondary N) is 4. The molecular weight excluding hydrogens is 705 g/mol. The van der Waals surface area contributed by atoms with Gasteiger partial charge >= 0.3 is 5.97 Å². The molecule has 5 atom stereocenters. The maximum Gasteiger partial charge on any atom is 0.326 e. The maximum absolute atomic E-state index is 14.3. The second kappa shape index (κ2) is 18.2. The molecule has 3 aliphatic heterocycles. The molecule has 0 fully saturated rings. The predicted octanol–water partition coefficient (Wildman–Crippen LogP) is 4.21. The Bertz CT molecular complexity index is 1950. The van der Waals surface area contributed by atoms with E-state index in [1.165, 1.54) is 0 Å². The molecule has 0 spiro atoms. The summed E-state index contributed by atoms with van der Waals surface area (Å²) in [6.45, 7) is -0.369. The van der Waals surface area contributed by atoms with Gasteiger partial charge in [-0.25, -0.2) is 4.79 Å². The van der Waals surface area contributed by atoms with Crippen LogP contribution >= 0.6 is 11.8 Å². The average Bonchev–Trinajstić information content (AvgIpc) is 3.70. The van der Waals surface area contributed by atoms with Crippen LogP contribution < -0.4 is 26.0 Å². The van der Waals surface area contributed by atoms with Crippen LogP contribution in [0.3, 0.4) is 0 Å². The average molecular weight is 747 g/mol. The van der Waals surface area contributed by atoms with E-state index < -0.39 is 53.8 Å². The Morgan fingerprint density at radius 2 is 1.24 bits per heavy atom. The van der Waals surface area contributed by atoms with E-state index in [2.05, 4.69) is 21.3 Å².